The van der Waals surface area contributed by atoms with Crippen LogP contribution >= 0.6 is 12.4 Å². The minimum Gasteiger partial charge on any atom is -0.345 e. The molecule has 16 heavy (non-hydrogen) atoms. The predicted octanol–water partition coefficient (Wildman–Crippen LogP) is 1.66. The zero-order valence-corrected chi connectivity index (χ0v) is 11.1. The fourth-order valence-electron chi connectivity index (χ4n) is 2.55. The van der Waals surface area contributed by atoms with Crippen molar-refractivity contribution in [1.82, 2.24) is 10.2 Å². The fourth-order valence-corrected chi connectivity index (χ4v) is 2.55. The Labute approximate surface area is 104 Å². The average Bonchev–Trinajstić information content (AvgIpc) is 2.92. The Kier molecular flexibility index (Phi) is 5.06. The Hall–Kier alpha value is -0.280. The number of rotatable bonds is 4. The van der Waals surface area contributed by atoms with Crippen molar-refractivity contribution in [3.63, 3.8) is 0 Å². The van der Waals surface area contributed by atoms with Crippen molar-refractivity contribution >= 4 is 18.3 Å². The molecule has 2 fully saturated rings. The zero-order valence-electron chi connectivity index (χ0n) is 10.2. The molecule has 0 spiro atoms. The zero-order chi connectivity index (χ0) is 10.8. The van der Waals surface area contributed by atoms with Gasteiger partial charge in [0.1, 0.15) is 0 Å². The van der Waals surface area contributed by atoms with E-state index < -0.39 is 0 Å². The van der Waals surface area contributed by atoms with E-state index in [1.165, 1.54) is 12.8 Å². The maximum Gasteiger partial charge on any atom is 0.227 e. The molecule has 0 radical (unpaired) electrons. The van der Waals surface area contributed by atoms with E-state index in [0.29, 0.717) is 11.9 Å². The molecule has 1 heterocycles. The highest BCUT2D eigenvalue weighted by atomic mass is 35.5. The summed E-state index contributed by atoms with van der Waals surface area (Å²) < 4.78 is 0. The number of carbonyl (C=O) groups excluding carboxylic acids is 1. The summed E-state index contributed by atoms with van der Waals surface area (Å²) in [5, 5.41) is 3.41. The highest BCUT2D eigenvalue weighted by Crippen LogP contribution is 2.30. The van der Waals surface area contributed by atoms with Gasteiger partial charge in [-0.3, -0.25) is 4.79 Å². The van der Waals surface area contributed by atoms with E-state index in [4.69, 9.17) is 0 Å². The summed E-state index contributed by atoms with van der Waals surface area (Å²) in [5.41, 5.74) is 0. The average molecular weight is 247 g/mol. The molecule has 1 N–H and O–H groups in total. The summed E-state index contributed by atoms with van der Waals surface area (Å²) in [7, 11) is 1.96. The molecule has 1 amide bonds. The first-order valence-electron chi connectivity index (χ1n) is 6.20. The molecule has 2 atom stereocenters. The molecular formula is C12H23ClN2O. The number of nitrogens with zero attached hydrogens (tertiary/aromatic N) is 1. The van der Waals surface area contributed by atoms with Crippen LogP contribution in [0.1, 0.15) is 32.6 Å². The van der Waals surface area contributed by atoms with Crippen molar-refractivity contribution in [2.75, 3.05) is 20.1 Å². The smallest absolute Gasteiger partial charge is 0.227 e. The first-order chi connectivity index (χ1) is 7.22. The third-order valence-corrected chi connectivity index (χ3v) is 3.71. The quantitative estimate of drug-likeness (QED) is 0.819. The van der Waals surface area contributed by atoms with Gasteiger partial charge in [-0.25, -0.2) is 0 Å². The first-order valence-corrected chi connectivity index (χ1v) is 6.20. The minimum absolute atomic E-state index is 0. The van der Waals surface area contributed by atoms with Gasteiger partial charge >= 0.3 is 0 Å². The van der Waals surface area contributed by atoms with Crippen molar-refractivity contribution in [3.05, 3.63) is 0 Å². The van der Waals surface area contributed by atoms with Crippen molar-refractivity contribution in [2.24, 2.45) is 11.8 Å². The highest BCUT2D eigenvalue weighted by molar-refractivity contribution is 5.85. The number of nitrogens with one attached hydrogen (secondary N) is 1. The lowest BCUT2D eigenvalue weighted by Crippen LogP contribution is -2.39. The molecule has 1 aliphatic carbocycles. The molecule has 3 nitrogen and oxygen atoms in total. The highest BCUT2D eigenvalue weighted by Gasteiger charge is 2.34. The Morgan fingerprint density at radius 1 is 1.38 bits per heavy atom. The third-order valence-electron chi connectivity index (χ3n) is 3.71. The SMILES string of the molecule is CCC1NCCC1C(=O)N(C)CC1CC1.Cl. The van der Waals surface area contributed by atoms with E-state index in [1.54, 1.807) is 0 Å². The number of hydrogen-bond acceptors (Lipinski definition) is 2. The van der Waals surface area contributed by atoms with Crippen molar-refractivity contribution in [2.45, 2.75) is 38.6 Å². The summed E-state index contributed by atoms with van der Waals surface area (Å²) in [6.07, 6.45) is 4.72. The molecule has 0 aromatic rings. The van der Waals surface area contributed by atoms with Crippen molar-refractivity contribution in [1.29, 1.82) is 0 Å². The van der Waals surface area contributed by atoms with Crippen LogP contribution < -0.4 is 5.32 Å². The number of carbonyl (C=O) groups is 1. The number of amides is 1. The molecular weight excluding hydrogens is 224 g/mol. The Morgan fingerprint density at radius 2 is 2.06 bits per heavy atom. The lowest BCUT2D eigenvalue weighted by molar-refractivity contribution is -0.134. The minimum atomic E-state index is 0. The van der Waals surface area contributed by atoms with Crippen LogP contribution in [0.3, 0.4) is 0 Å². The molecule has 1 saturated heterocycles. The van der Waals surface area contributed by atoms with Gasteiger partial charge in [0.15, 0.2) is 0 Å². The molecule has 0 bridgehead atoms. The summed E-state index contributed by atoms with van der Waals surface area (Å²) in [5.74, 6) is 1.39. The molecule has 94 valence electrons. The van der Waals surface area contributed by atoms with Crippen LogP contribution in [-0.4, -0.2) is 37.0 Å². The topological polar surface area (TPSA) is 32.3 Å². The Morgan fingerprint density at radius 3 is 2.62 bits per heavy atom. The van der Waals surface area contributed by atoms with Gasteiger partial charge in [0, 0.05) is 19.6 Å². The van der Waals surface area contributed by atoms with Crippen LogP contribution in [0.4, 0.5) is 0 Å². The van der Waals surface area contributed by atoms with Gasteiger partial charge in [0.05, 0.1) is 5.92 Å². The van der Waals surface area contributed by atoms with E-state index in [9.17, 15) is 4.79 Å². The van der Waals surface area contributed by atoms with Gasteiger partial charge in [-0.1, -0.05) is 6.92 Å². The summed E-state index contributed by atoms with van der Waals surface area (Å²) in [6, 6.07) is 0.416. The van der Waals surface area contributed by atoms with Gasteiger partial charge in [0.25, 0.3) is 0 Å². The Bertz CT molecular complexity index is 243. The van der Waals surface area contributed by atoms with Crippen LogP contribution in [0.15, 0.2) is 0 Å². The fraction of sp³-hybridized carbons (Fsp3) is 0.917. The van der Waals surface area contributed by atoms with Crippen molar-refractivity contribution in [3.8, 4) is 0 Å². The van der Waals surface area contributed by atoms with Crippen LogP contribution in [0.5, 0.6) is 0 Å². The molecule has 4 heteroatoms. The maximum atomic E-state index is 12.2. The number of halogens is 1. The van der Waals surface area contributed by atoms with Gasteiger partial charge in [-0.2, -0.15) is 0 Å². The monoisotopic (exact) mass is 246 g/mol. The largest absolute Gasteiger partial charge is 0.345 e. The van der Waals surface area contributed by atoms with Crippen LogP contribution in [0.25, 0.3) is 0 Å². The molecule has 0 aromatic carbocycles. The maximum absolute atomic E-state index is 12.2. The van der Waals surface area contributed by atoms with E-state index in [-0.39, 0.29) is 18.3 Å². The lowest BCUT2D eigenvalue weighted by Gasteiger charge is -2.24. The Balaban J connectivity index is 0.00000128. The second-order valence-corrected chi connectivity index (χ2v) is 5.03. The lowest BCUT2D eigenvalue weighted by atomic mass is 9.97. The molecule has 2 rings (SSSR count). The molecule has 2 unspecified atom stereocenters. The molecule has 0 aromatic heterocycles. The van der Waals surface area contributed by atoms with E-state index in [0.717, 1.165) is 31.8 Å². The van der Waals surface area contributed by atoms with Crippen molar-refractivity contribution < 1.29 is 4.79 Å². The molecule has 1 saturated carbocycles. The second-order valence-electron chi connectivity index (χ2n) is 5.03. The van der Waals surface area contributed by atoms with Crippen LogP contribution in [-0.2, 0) is 4.79 Å². The van der Waals surface area contributed by atoms with Gasteiger partial charge in [-0.15, -0.1) is 12.4 Å². The predicted molar refractivity (Wildman–Crippen MR) is 67.8 cm³/mol. The number of hydrogen-bond donors (Lipinski definition) is 1. The summed E-state index contributed by atoms with van der Waals surface area (Å²) in [6.45, 7) is 4.14. The van der Waals surface area contributed by atoms with E-state index >= 15 is 0 Å². The standard InChI is InChI=1S/C12H22N2O.ClH/c1-3-11-10(6-7-13-11)12(15)14(2)8-9-4-5-9;/h9-11,13H,3-8H2,1-2H3;1H. The third kappa shape index (κ3) is 3.11. The first kappa shape index (κ1) is 13.8. The van der Waals surface area contributed by atoms with Gasteiger partial charge < -0.3 is 10.2 Å². The second kappa shape index (κ2) is 5.87. The van der Waals surface area contributed by atoms with Gasteiger partial charge in [-0.05, 0) is 38.1 Å². The van der Waals surface area contributed by atoms with Gasteiger partial charge in [0.2, 0.25) is 5.91 Å². The summed E-state index contributed by atoms with van der Waals surface area (Å²) in [4.78, 5) is 14.1. The normalized spacial score (nSPS) is 28.6. The van der Waals surface area contributed by atoms with E-state index in [1.807, 2.05) is 11.9 Å². The molecule has 1 aliphatic heterocycles. The summed E-state index contributed by atoms with van der Waals surface area (Å²) >= 11 is 0. The van der Waals surface area contributed by atoms with Crippen LogP contribution in [0, 0.1) is 11.8 Å². The van der Waals surface area contributed by atoms with Crippen LogP contribution in [0.2, 0.25) is 0 Å². The van der Waals surface area contributed by atoms with E-state index in [2.05, 4.69) is 12.2 Å². The molecule has 2 aliphatic rings.